The summed E-state index contributed by atoms with van der Waals surface area (Å²) in [6.45, 7) is 1.63. The summed E-state index contributed by atoms with van der Waals surface area (Å²) in [6, 6.07) is 3.70. The Morgan fingerprint density at radius 1 is 1.56 bits per heavy atom. The van der Waals surface area contributed by atoms with Gasteiger partial charge >= 0.3 is 0 Å². The zero-order chi connectivity index (χ0) is 13.0. The molecule has 1 amide bonds. The lowest BCUT2D eigenvalue weighted by Gasteiger charge is -2.00. The summed E-state index contributed by atoms with van der Waals surface area (Å²) in [6.07, 6.45) is 3.29. The zero-order valence-corrected chi connectivity index (χ0v) is 11.2. The highest BCUT2D eigenvalue weighted by atomic mass is 35.5. The minimum absolute atomic E-state index is 0.199. The van der Waals surface area contributed by atoms with E-state index in [9.17, 15) is 4.79 Å². The predicted molar refractivity (Wildman–Crippen MR) is 71.8 cm³/mol. The van der Waals surface area contributed by atoms with Crippen LogP contribution in [0.4, 0.5) is 0 Å². The molecule has 0 saturated heterocycles. The standard InChI is InChI=1S/C11H13ClN4OS/c12-10-2-1-8(18-10)5-14-11(17)9-6-16(4-3-13)7-15-9/h1-2,6-7H,3-5,13H2,(H,14,17). The van der Waals surface area contributed by atoms with Gasteiger partial charge in [-0.3, -0.25) is 4.79 Å². The Bertz CT molecular complexity index is 537. The van der Waals surface area contributed by atoms with Crippen molar-refractivity contribution >= 4 is 28.8 Å². The van der Waals surface area contributed by atoms with Crippen molar-refractivity contribution in [2.75, 3.05) is 6.54 Å². The summed E-state index contributed by atoms with van der Waals surface area (Å²) in [4.78, 5) is 16.8. The number of rotatable bonds is 5. The van der Waals surface area contributed by atoms with E-state index >= 15 is 0 Å². The number of amides is 1. The fourth-order valence-corrected chi connectivity index (χ4v) is 2.48. The molecule has 0 saturated carbocycles. The second-order valence-corrected chi connectivity index (χ2v) is 5.47. The molecule has 2 rings (SSSR count). The second kappa shape index (κ2) is 5.99. The highest BCUT2D eigenvalue weighted by Gasteiger charge is 2.09. The summed E-state index contributed by atoms with van der Waals surface area (Å²) < 4.78 is 2.50. The average molecular weight is 285 g/mol. The van der Waals surface area contributed by atoms with E-state index in [0.29, 0.717) is 29.7 Å². The fraction of sp³-hybridized carbons (Fsp3) is 0.273. The van der Waals surface area contributed by atoms with Crippen molar-refractivity contribution in [1.82, 2.24) is 14.9 Å². The third kappa shape index (κ3) is 3.32. The normalized spacial score (nSPS) is 10.6. The van der Waals surface area contributed by atoms with Crippen LogP contribution in [-0.2, 0) is 13.1 Å². The van der Waals surface area contributed by atoms with Gasteiger partial charge < -0.3 is 15.6 Å². The molecule has 0 radical (unpaired) electrons. The second-order valence-electron chi connectivity index (χ2n) is 3.67. The number of hydrogen-bond donors (Lipinski definition) is 2. The largest absolute Gasteiger partial charge is 0.346 e. The van der Waals surface area contributed by atoms with Gasteiger partial charge in [-0.25, -0.2) is 4.98 Å². The predicted octanol–water partition coefficient (Wildman–Crippen LogP) is 1.49. The van der Waals surface area contributed by atoms with Gasteiger partial charge in [-0.05, 0) is 12.1 Å². The topological polar surface area (TPSA) is 72.9 Å². The number of nitrogens with one attached hydrogen (secondary N) is 1. The van der Waals surface area contributed by atoms with Crippen molar-refractivity contribution in [3.05, 3.63) is 39.6 Å². The first-order valence-electron chi connectivity index (χ1n) is 5.43. The number of imidazole rings is 1. The van der Waals surface area contributed by atoms with Gasteiger partial charge in [0.2, 0.25) is 0 Å². The molecule has 0 atom stereocenters. The smallest absolute Gasteiger partial charge is 0.271 e. The van der Waals surface area contributed by atoms with Crippen molar-refractivity contribution < 1.29 is 4.79 Å². The van der Waals surface area contributed by atoms with Crippen LogP contribution in [0.1, 0.15) is 15.4 Å². The van der Waals surface area contributed by atoms with Crippen LogP contribution in [-0.4, -0.2) is 22.0 Å². The van der Waals surface area contributed by atoms with E-state index in [0.717, 1.165) is 4.88 Å². The van der Waals surface area contributed by atoms with Crippen molar-refractivity contribution in [3.63, 3.8) is 0 Å². The van der Waals surface area contributed by atoms with Crippen molar-refractivity contribution in [2.45, 2.75) is 13.1 Å². The molecule has 0 fully saturated rings. The molecule has 0 unspecified atom stereocenters. The van der Waals surface area contributed by atoms with E-state index in [1.54, 1.807) is 17.1 Å². The Balaban J connectivity index is 1.90. The molecule has 2 aromatic heterocycles. The van der Waals surface area contributed by atoms with Gasteiger partial charge in [-0.15, -0.1) is 11.3 Å². The van der Waals surface area contributed by atoms with E-state index in [1.165, 1.54) is 11.3 Å². The molecular formula is C11H13ClN4OS. The maximum atomic E-state index is 11.8. The number of nitrogens with zero attached hydrogens (tertiary/aromatic N) is 2. The first kappa shape index (κ1) is 13.1. The highest BCUT2D eigenvalue weighted by molar-refractivity contribution is 7.16. The lowest BCUT2D eigenvalue weighted by atomic mass is 10.4. The molecule has 2 heterocycles. The Kier molecular flexibility index (Phi) is 4.35. The molecule has 0 aliphatic carbocycles. The van der Waals surface area contributed by atoms with Gasteiger partial charge in [-0.2, -0.15) is 0 Å². The third-order valence-corrected chi connectivity index (χ3v) is 3.54. The summed E-state index contributed by atoms with van der Waals surface area (Å²) in [7, 11) is 0. The van der Waals surface area contributed by atoms with Crippen LogP contribution in [0, 0.1) is 0 Å². The Morgan fingerprint density at radius 2 is 2.39 bits per heavy atom. The molecule has 5 nitrogen and oxygen atoms in total. The molecule has 7 heteroatoms. The molecular weight excluding hydrogens is 272 g/mol. The SMILES string of the molecule is NCCn1cnc(C(=O)NCc2ccc(Cl)s2)c1. The summed E-state index contributed by atoms with van der Waals surface area (Å²) in [5, 5.41) is 2.79. The third-order valence-electron chi connectivity index (χ3n) is 2.31. The van der Waals surface area contributed by atoms with E-state index < -0.39 is 0 Å². The molecule has 0 aromatic carbocycles. The van der Waals surface area contributed by atoms with E-state index in [1.807, 2.05) is 12.1 Å². The van der Waals surface area contributed by atoms with Crippen molar-refractivity contribution in [1.29, 1.82) is 0 Å². The number of carbonyl (C=O) groups excluding carboxylic acids is 1. The lowest BCUT2D eigenvalue weighted by Crippen LogP contribution is -2.22. The number of thiophene rings is 1. The fourth-order valence-electron chi connectivity index (χ4n) is 1.45. The van der Waals surface area contributed by atoms with Gasteiger partial charge in [0.1, 0.15) is 5.69 Å². The van der Waals surface area contributed by atoms with Crippen molar-refractivity contribution in [3.8, 4) is 0 Å². The zero-order valence-electron chi connectivity index (χ0n) is 9.60. The number of nitrogens with two attached hydrogens (primary N) is 1. The molecule has 96 valence electrons. The minimum Gasteiger partial charge on any atom is -0.346 e. The van der Waals surface area contributed by atoms with E-state index in [2.05, 4.69) is 10.3 Å². The highest BCUT2D eigenvalue weighted by Crippen LogP contribution is 2.21. The van der Waals surface area contributed by atoms with Crippen LogP contribution in [0.2, 0.25) is 4.34 Å². The van der Waals surface area contributed by atoms with E-state index in [4.69, 9.17) is 17.3 Å². The first-order chi connectivity index (χ1) is 8.69. The lowest BCUT2D eigenvalue weighted by molar-refractivity contribution is 0.0946. The maximum absolute atomic E-state index is 11.8. The van der Waals surface area contributed by atoms with Crippen LogP contribution in [0.15, 0.2) is 24.7 Å². The van der Waals surface area contributed by atoms with Crippen LogP contribution >= 0.6 is 22.9 Å². The summed E-state index contributed by atoms with van der Waals surface area (Å²) in [5.41, 5.74) is 5.82. The molecule has 0 aliphatic rings. The summed E-state index contributed by atoms with van der Waals surface area (Å²) >= 11 is 7.26. The molecule has 18 heavy (non-hydrogen) atoms. The molecule has 0 bridgehead atoms. The number of hydrogen-bond acceptors (Lipinski definition) is 4. The van der Waals surface area contributed by atoms with Crippen molar-refractivity contribution in [2.24, 2.45) is 5.73 Å². The number of aromatic nitrogens is 2. The van der Waals surface area contributed by atoms with Gasteiger partial charge in [0.05, 0.1) is 17.2 Å². The summed E-state index contributed by atoms with van der Waals surface area (Å²) in [5.74, 6) is -0.199. The Hall–Kier alpha value is -1.37. The molecule has 2 aromatic rings. The molecule has 0 aliphatic heterocycles. The Labute approximate surface area is 114 Å². The monoisotopic (exact) mass is 284 g/mol. The minimum atomic E-state index is -0.199. The van der Waals surface area contributed by atoms with Crippen LogP contribution in [0.5, 0.6) is 0 Å². The van der Waals surface area contributed by atoms with Gasteiger partial charge in [0.15, 0.2) is 0 Å². The van der Waals surface area contributed by atoms with Crippen LogP contribution in [0.3, 0.4) is 0 Å². The molecule has 3 N–H and O–H groups in total. The van der Waals surface area contributed by atoms with Gasteiger partial charge in [-0.1, -0.05) is 11.6 Å². The number of halogens is 1. The maximum Gasteiger partial charge on any atom is 0.271 e. The van der Waals surface area contributed by atoms with Crippen LogP contribution in [0.25, 0.3) is 0 Å². The molecule has 0 spiro atoms. The van der Waals surface area contributed by atoms with E-state index in [-0.39, 0.29) is 5.91 Å². The quantitative estimate of drug-likeness (QED) is 0.874. The Morgan fingerprint density at radius 3 is 3.06 bits per heavy atom. The van der Waals surface area contributed by atoms with Gasteiger partial charge in [0.25, 0.3) is 5.91 Å². The number of carbonyl (C=O) groups is 1. The average Bonchev–Trinajstić information content (AvgIpc) is 2.96. The van der Waals surface area contributed by atoms with Gasteiger partial charge in [0, 0.05) is 24.2 Å². The first-order valence-corrected chi connectivity index (χ1v) is 6.62. The van der Waals surface area contributed by atoms with Crippen LogP contribution < -0.4 is 11.1 Å².